The molecule has 0 spiro atoms. The van der Waals surface area contributed by atoms with E-state index in [1.807, 2.05) is 61.5 Å². The van der Waals surface area contributed by atoms with Gasteiger partial charge < -0.3 is 18.6 Å². The van der Waals surface area contributed by atoms with Crippen LogP contribution in [-0.2, 0) is 18.6 Å². The molecule has 2 saturated heterocycles. The van der Waals surface area contributed by atoms with E-state index >= 15 is 0 Å². The first-order valence-corrected chi connectivity index (χ1v) is 9.09. The van der Waals surface area contributed by atoms with Gasteiger partial charge in [0.2, 0.25) is 0 Å². The SMILES string of the molecule is CC1(C)OB(c2cc(C=O)cc(B3OC(C)(C)C(C)(C)O3)c2)OC1(C)C. The summed E-state index contributed by atoms with van der Waals surface area (Å²) < 4.78 is 24.5. The highest BCUT2D eigenvalue weighted by atomic mass is 16.7. The molecule has 7 heteroatoms. The molecule has 5 nitrogen and oxygen atoms in total. The summed E-state index contributed by atoms with van der Waals surface area (Å²) in [7, 11) is -1.08. The van der Waals surface area contributed by atoms with Crippen molar-refractivity contribution < 1.29 is 23.4 Å². The first-order chi connectivity index (χ1) is 11.8. The van der Waals surface area contributed by atoms with Crippen LogP contribution in [0.15, 0.2) is 18.2 Å². The van der Waals surface area contributed by atoms with E-state index in [1.165, 1.54) is 0 Å². The van der Waals surface area contributed by atoms with E-state index in [0.29, 0.717) is 5.56 Å². The van der Waals surface area contributed by atoms with E-state index in [1.54, 1.807) is 12.1 Å². The zero-order valence-electron chi connectivity index (χ0n) is 17.0. The molecule has 0 bridgehead atoms. The quantitative estimate of drug-likeness (QED) is 0.612. The highest BCUT2D eigenvalue weighted by Crippen LogP contribution is 2.37. The fourth-order valence-corrected chi connectivity index (χ4v) is 3.00. The Labute approximate surface area is 157 Å². The van der Waals surface area contributed by atoms with Crippen molar-refractivity contribution in [2.24, 2.45) is 0 Å². The van der Waals surface area contributed by atoms with Crippen LogP contribution < -0.4 is 10.9 Å². The van der Waals surface area contributed by atoms with Crippen LogP contribution in [0.1, 0.15) is 65.7 Å². The van der Waals surface area contributed by atoms with Crippen molar-refractivity contribution in [2.45, 2.75) is 77.8 Å². The second kappa shape index (κ2) is 5.93. The summed E-state index contributed by atoms with van der Waals surface area (Å²) in [4.78, 5) is 11.5. The molecule has 0 saturated carbocycles. The third-order valence-electron chi connectivity index (χ3n) is 6.19. The molecular formula is C19H28B2O5. The number of hydrogen-bond donors (Lipinski definition) is 0. The normalized spacial score (nSPS) is 25.5. The number of carbonyl (C=O) groups excluding carboxylic acids is 1. The minimum absolute atomic E-state index is 0.445. The molecule has 2 heterocycles. The Morgan fingerprint density at radius 2 is 0.962 bits per heavy atom. The fourth-order valence-electron chi connectivity index (χ4n) is 3.00. The van der Waals surface area contributed by atoms with Crippen LogP contribution in [0.3, 0.4) is 0 Å². The lowest BCUT2D eigenvalue weighted by atomic mass is 9.71. The topological polar surface area (TPSA) is 54.0 Å². The standard InChI is InChI=1S/C19H28B2O5/c1-16(2)17(3,4)24-20(23-16)14-9-13(12-22)10-15(11-14)21-25-18(5,6)19(7,8)26-21/h9-12H,1-8H3. The number of benzene rings is 1. The van der Waals surface area contributed by atoms with Crippen LogP contribution in [-0.4, -0.2) is 42.9 Å². The average Bonchev–Trinajstić information content (AvgIpc) is 2.86. The molecule has 0 amide bonds. The van der Waals surface area contributed by atoms with Crippen molar-refractivity contribution in [2.75, 3.05) is 0 Å². The predicted molar refractivity (Wildman–Crippen MR) is 103 cm³/mol. The van der Waals surface area contributed by atoms with Crippen LogP contribution >= 0.6 is 0 Å². The minimum Gasteiger partial charge on any atom is -0.399 e. The molecule has 2 fully saturated rings. The first-order valence-electron chi connectivity index (χ1n) is 9.09. The molecular weight excluding hydrogens is 330 g/mol. The van der Waals surface area contributed by atoms with Crippen molar-refractivity contribution in [1.29, 1.82) is 0 Å². The van der Waals surface area contributed by atoms with Crippen LogP contribution in [0.2, 0.25) is 0 Å². The maximum atomic E-state index is 11.5. The summed E-state index contributed by atoms with van der Waals surface area (Å²) in [6.45, 7) is 16.0. The second-order valence-corrected chi connectivity index (χ2v) is 9.23. The highest BCUT2D eigenvalue weighted by Gasteiger charge is 2.54. The Hall–Kier alpha value is -1.14. The minimum atomic E-state index is -0.541. The lowest BCUT2D eigenvalue weighted by molar-refractivity contribution is 0.00578. The molecule has 1 aromatic rings. The molecule has 2 aliphatic rings. The zero-order chi connectivity index (χ0) is 19.5. The van der Waals surface area contributed by atoms with Crippen LogP contribution in [0.4, 0.5) is 0 Å². The van der Waals surface area contributed by atoms with Gasteiger partial charge in [0.05, 0.1) is 22.4 Å². The van der Waals surface area contributed by atoms with Gasteiger partial charge in [-0.3, -0.25) is 4.79 Å². The average molecular weight is 358 g/mol. The monoisotopic (exact) mass is 358 g/mol. The molecule has 140 valence electrons. The highest BCUT2D eigenvalue weighted by molar-refractivity contribution is 6.66. The van der Waals surface area contributed by atoms with E-state index < -0.39 is 36.6 Å². The fraction of sp³-hybridized carbons (Fsp3) is 0.632. The summed E-state index contributed by atoms with van der Waals surface area (Å²) >= 11 is 0. The van der Waals surface area contributed by atoms with Crippen molar-refractivity contribution >= 4 is 31.4 Å². The van der Waals surface area contributed by atoms with E-state index in [0.717, 1.165) is 17.2 Å². The third kappa shape index (κ3) is 3.15. The molecule has 3 rings (SSSR count). The molecule has 0 radical (unpaired) electrons. The van der Waals surface area contributed by atoms with E-state index in [2.05, 4.69) is 0 Å². The first kappa shape index (κ1) is 19.6. The summed E-state index contributed by atoms with van der Waals surface area (Å²) in [5.74, 6) is 0. The molecule has 0 N–H and O–H groups in total. The number of aldehydes is 1. The summed E-state index contributed by atoms with van der Waals surface area (Å²) in [6.07, 6.45) is 0.823. The Kier molecular flexibility index (Phi) is 4.47. The van der Waals surface area contributed by atoms with Crippen molar-refractivity contribution in [3.8, 4) is 0 Å². The van der Waals surface area contributed by atoms with E-state index in [4.69, 9.17) is 18.6 Å². The summed E-state index contributed by atoms with van der Waals surface area (Å²) in [5, 5.41) is 0. The largest absolute Gasteiger partial charge is 0.494 e. The molecule has 0 aromatic heterocycles. The summed E-state index contributed by atoms with van der Waals surface area (Å²) in [5.41, 5.74) is 0.343. The number of carbonyl (C=O) groups is 1. The molecule has 0 aliphatic carbocycles. The lowest BCUT2D eigenvalue weighted by Gasteiger charge is -2.32. The summed E-state index contributed by atoms with van der Waals surface area (Å²) in [6, 6.07) is 5.53. The van der Waals surface area contributed by atoms with Gasteiger partial charge in [-0.15, -0.1) is 0 Å². The van der Waals surface area contributed by atoms with Gasteiger partial charge in [0.1, 0.15) is 6.29 Å². The molecule has 1 aromatic carbocycles. The van der Waals surface area contributed by atoms with Crippen molar-refractivity contribution in [3.05, 3.63) is 23.8 Å². The molecule has 26 heavy (non-hydrogen) atoms. The Balaban J connectivity index is 1.96. The van der Waals surface area contributed by atoms with Gasteiger partial charge in [-0.05, 0) is 66.3 Å². The maximum Gasteiger partial charge on any atom is 0.494 e. The maximum absolute atomic E-state index is 11.5. The van der Waals surface area contributed by atoms with Gasteiger partial charge in [-0.1, -0.05) is 18.2 Å². The Morgan fingerprint density at radius 1 is 0.654 bits per heavy atom. The zero-order valence-corrected chi connectivity index (χ0v) is 17.0. The van der Waals surface area contributed by atoms with Crippen LogP contribution in [0, 0.1) is 0 Å². The van der Waals surface area contributed by atoms with Gasteiger partial charge in [-0.2, -0.15) is 0 Å². The Morgan fingerprint density at radius 3 is 1.23 bits per heavy atom. The van der Waals surface area contributed by atoms with E-state index in [9.17, 15) is 4.79 Å². The predicted octanol–water partition coefficient (Wildman–Crippen LogP) is 2.10. The number of rotatable bonds is 3. The third-order valence-corrected chi connectivity index (χ3v) is 6.19. The molecule has 2 aliphatic heterocycles. The lowest BCUT2D eigenvalue weighted by Crippen LogP contribution is -2.41. The van der Waals surface area contributed by atoms with Crippen molar-refractivity contribution in [1.82, 2.24) is 0 Å². The van der Waals surface area contributed by atoms with Gasteiger partial charge in [-0.25, -0.2) is 0 Å². The second-order valence-electron chi connectivity index (χ2n) is 9.23. The van der Waals surface area contributed by atoms with Gasteiger partial charge in [0, 0.05) is 5.56 Å². The Bertz CT molecular complexity index is 640. The van der Waals surface area contributed by atoms with Crippen LogP contribution in [0.25, 0.3) is 0 Å². The number of hydrogen-bond acceptors (Lipinski definition) is 5. The van der Waals surface area contributed by atoms with E-state index in [-0.39, 0.29) is 0 Å². The smallest absolute Gasteiger partial charge is 0.399 e. The van der Waals surface area contributed by atoms with Gasteiger partial charge in [0.15, 0.2) is 0 Å². The van der Waals surface area contributed by atoms with Gasteiger partial charge in [0.25, 0.3) is 0 Å². The van der Waals surface area contributed by atoms with Crippen molar-refractivity contribution in [3.63, 3.8) is 0 Å². The van der Waals surface area contributed by atoms with Gasteiger partial charge >= 0.3 is 14.2 Å². The molecule has 0 unspecified atom stereocenters. The van der Waals surface area contributed by atoms with Crippen LogP contribution in [0.5, 0.6) is 0 Å². The molecule has 0 atom stereocenters.